The minimum Gasteiger partial charge on any atom is -0.352 e. The number of anilines is 1. The standard InChI is InChI=1S/C14H21N5O3S/c20-14(17-9-12-1-8-23(21,22)11-12)19-6-4-18(5-7-19)13-10-15-2-3-16-13/h2-3,10,12H,1,4-9,11H2,(H,17,20)/t12-/m0/s1. The Kier molecular flexibility index (Phi) is 4.65. The van der Waals surface area contributed by atoms with Crippen molar-refractivity contribution in [2.75, 3.05) is 49.1 Å². The second-order valence-electron chi connectivity index (χ2n) is 5.99. The first-order valence-electron chi connectivity index (χ1n) is 7.78. The van der Waals surface area contributed by atoms with E-state index in [4.69, 9.17) is 0 Å². The van der Waals surface area contributed by atoms with Crippen LogP contribution in [0.3, 0.4) is 0 Å². The molecule has 2 saturated heterocycles. The summed E-state index contributed by atoms with van der Waals surface area (Å²) in [6, 6.07) is -0.118. The highest BCUT2D eigenvalue weighted by atomic mass is 32.2. The summed E-state index contributed by atoms with van der Waals surface area (Å²) in [5.74, 6) is 1.30. The van der Waals surface area contributed by atoms with Gasteiger partial charge < -0.3 is 15.1 Å². The van der Waals surface area contributed by atoms with Crippen molar-refractivity contribution in [3.8, 4) is 0 Å². The van der Waals surface area contributed by atoms with Crippen LogP contribution < -0.4 is 10.2 Å². The average molecular weight is 339 g/mol. The molecule has 0 saturated carbocycles. The van der Waals surface area contributed by atoms with Gasteiger partial charge in [0.05, 0.1) is 17.7 Å². The van der Waals surface area contributed by atoms with Crippen LogP contribution in [0.2, 0.25) is 0 Å². The van der Waals surface area contributed by atoms with Gasteiger partial charge in [0.15, 0.2) is 9.84 Å². The van der Waals surface area contributed by atoms with E-state index >= 15 is 0 Å². The van der Waals surface area contributed by atoms with E-state index in [0.29, 0.717) is 39.1 Å². The van der Waals surface area contributed by atoms with Crippen LogP contribution >= 0.6 is 0 Å². The normalized spacial score (nSPS) is 23.7. The van der Waals surface area contributed by atoms with Crippen LogP contribution in [-0.2, 0) is 9.84 Å². The Labute approximate surface area is 135 Å². The van der Waals surface area contributed by atoms with Crippen LogP contribution in [0.15, 0.2) is 18.6 Å². The third kappa shape index (κ3) is 4.10. The topological polar surface area (TPSA) is 95.5 Å². The van der Waals surface area contributed by atoms with Gasteiger partial charge in [-0.3, -0.25) is 4.98 Å². The number of carbonyl (C=O) groups excluding carboxylic acids is 1. The summed E-state index contributed by atoms with van der Waals surface area (Å²) in [7, 11) is -2.89. The number of amides is 2. The summed E-state index contributed by atoms with van der Waals surface area (Å²) < 4.78 is 22.8. The van der Waals surface area contributed by atoms with E-state index < -0.39 is 9.84 Å². The molecule has 0 aromatic carbocycles. The monoisotopic (exact) mass is 339 g/mol. The molecular formula is C14H21N5O3S. The molecular weight excluding hydrogens is 318 g/mol. The minimum atomic E-state index is -2.89. The molecule has 1 aromatic heterocycles. The molecule has 0 bridgehead atoms. The smallest absolute Gasteiger partial charge is 0.317 e. The average Bonchev–Trinajstić information content (AvgIpc) is 2.93. The molecule has 2 amide bonds. The third-order valence-electron chi connectivity index (χ3n) is 4.31. The lowest BCUT2D eigenvalue weighted by molar-refractivity contribution is 0.193. The van der Waals surface area contributed by atoms with Crippen LogP contribution in [0.4, 0.5) is 10.6 Å². The highest BCUT2D eigenvalue weighted by molar-refractivity contribution is 7.91. The highest BCUT2D eigenvalue weighted by Gasteiger charge is 2.29. The summed E-state index contributed by atoms with van der Waals surface area (Å²) in [6.45, 7) is 3.09. The second kappa shape index (κ2) is 6.69. The van der Waals surface area contributed by atoms with Crippen molar-refractivity contribution >= 4 is 21.7 Å². The largest absolute Gasteiger partial charge is 0.352 e. The molecule has 0 aliphatic carbocycles. The Hall–Kier alpha value is -1.90. The number of carbonyl (C=O) groups is 1. The molecule has 0 spiro atoms. The SMILES string of the molecule is O=C(NC[C@@H]1CCS(=O)(=O)C1)N1CCN(c2cnccn2)CC1. The van der Waals surface area contributed by atoms with Crippen molar-refractivity contribution in [1.29, 1.82) is 0 Å². The molecule has 1 atom stereocenters. The van der Waals surface area contributed by atoms with E-state index in [0.717, 1.165) is 5.82 Å². The van der Waals surface area contributed by atoms with Gasteiger partial charge in [-0.25, -0.2) is 18.2 Å². The predicted octanol–water partition coefficient (Wildman–Crippen LogP) is -0.257. The van der Waals surface area contributed by atoms with Gasteiger partial charge in [-0.1, -0.05) is 0 Å². The molecule has 1 aromatic rings. The van der Waals surface area contributed by atoms with Gasteiger partial charge in [0, 0.05) is 45.1 Å². The molecule has 2 aliphatic heterocycles. The van der Waals surface area contributed by atoms with E-state index in [9.17, 15) is 13.2 Å². The van der Waals surface area contributed by atoms with Crippen molar-refractivity contribution in [2.24, 2.45) is 5.92 Å². The highest BCUT2D eigenvalue weighted by Crippen LogP contribution is 2.17. The summed E-state index contributed by atoms with van der Waals surface area (Å²) in [4.78, 5) is 24.4. The molecule has 3 heterocycles. The van der Waals surface area contributed by atoms with Gasteiger partial charge in [-0.15, -0.1) is 0 Å². The van der Waals surface area contributed by atoms with Crippen LogP contribution in [0.1, 0.15) is 6.42 Å². The van der Waals surface area contributed by atoms with Gasteiger partial charge in [0.25, 0.3) is 0 Å². The summed E-state index contributed by atoms with van der Waals surface area (Å²) in [5.41, 5.74) is 0. The number of rotatable bonds is 3. The molecule has 0 unspecified atom stereocenters. The number of hydrogen-bond acceptors (Lipinski definition) is 6. The van der Waals surface area contributed by atoms with Crippen LogP contribution in [0, 0.1) is 5.92 Å². The molecule has 0 radical (unpaired) electrons. The number of nitrogens with one attached hydrogen (secondary N) is 1. The second-order valence-corrected chi connectivity index (χ2v) is 8.22. The minimum absolute atomic E-state index is 0.0461. The maximum atomic E-state index is 12.2. The molecule has 9 heteroatoms. The predicted molar refractivity (Wildman–Crippen MR) is 86.0 cm³/mol. The fourth-order valence-electron chi connectivity index (χ4n) is 2.97. The van der Waals surface area contributed by atoms with Crippen LogP contribution in [-0.4, -0.2) is 73.5 Å². The number of urea groups is 1. The zero-order valence-electron chi connectivity index (χ0n) is 12.9. The Balaban J connectivity index is 1.43. The molecule has 2 fully saturated rings. The first kappa shape index (κ1) is 16.0. The fourth-order valence-corrected chi connectivity index (χ4v) is 4.83. The third-order valence-corrected chi connectivity index (χ3v) is 6.15. The van der Waals surface area contributed by atoms with E-state index in [1.165, 1.54) is 0 Å². The lowest BCUT2D eigenvalue weighted by Gasteiger charge is -2.35. The summed E-state index contributed by atoms with van der Waals surface area (Å²) in [6.07, 6.45) is 5.65. The maximum Gasteiger partial charge on any atom is 0.317 e. The van der Waals surface area contributed by atoms with Crippen LogP contribution in [0.5, 0.6) is 0 Å². The molecule has 23 heavy (non-hydrogen) atoms. The zero-order chi connectivity index (χ0) is 16.3. The molecule has 8 nitrogen and oxygen atoms in total. The lowest BCUT2D eigenvalue weighted by Crippen LogP contribution is -2.52. The van der Waals surface area contributed by atoms with Crippen molar-refractivity contribution in [3.05, 3.63) is 18.6 Å². The van der Waals surface area contributed by atoms with E-state index in [1.54, 1.807) is 23.5 Å². The Morgan fingerprint density at radius 3 is 2.65 bits per heavy atom. The van der Waals surface area contributed by atoms with Crippen LogP contribution in [0.25, 0.3) is 0 Å². The number of piperazine rings is 1. The summed E-state index contributed by atoms with van der Waals surface area (Å²) in [5, 5.41) is 2.86. The molecule has 1 N–H and O–H groups in total. The van der Waals surface area contributed by atoms with E-state index in [-0.39, 0.29) is 23.5 Å². The first-order chi connectivity index (χ1) is 11.0. The van der Waals surface area contributed by atoms with Gasteiger partial charge in [-0.2, -0.15) is 0 Å². The van der Waals surface area contributed by atoms with Crippen molar-refractivity contribution in [2.45, 2.75) is 6.42 Å². The van der Waals surface area contributed by atoms with Gasteiger partial charge in [0.1, 0.15) is 5.82 Å². The Morgan fingerprint density at radius 2 is 2.04 bits per heavy atom. The van der Waals surface area contributed by atoms with Gasteiger partial charge in [-0.05, 0) is 12.3 Å². The molecule has 3 rings (SSSR count). The van der Waals surface area contributed by atoms with Gasteiger partial charge in [0.2, 0.25) is 0 Å². The lowest BCUT2D eigenvalue weighted by atomic mass is 10.1. The van der Waals surface area contributed by atoms with Gasteiger partial charge >= 0.3 is 6.03 Å². The zero-order valence-corrected chi connectivity index (χ0v) is 13.7. The number of aromatic nitrogens is 2. The Bertz CT molecular complexity index is 644. The summed E-state index contributed by atoms with van der Waals surface area (Å²) >= 11 is 0. The van der Waals surface area contributed by atoms with Crippen molar-refractivity contribution < 1.29 is 13.2 Å². The Morgan fingerprint density at radius 1 is 1.26 bits per heavy atom. The quantitative estimate of drug-likeness (QED) is 0.815. The molecule has 126 valence electrons. The molecule has 2 aliphatic rings. The van der Waals surface area contributed by atoms with E-state index in [2.05, 4.69) is 20.2 Å². The number of sulfone groups is 1. The fraction of sp³-hybridized carbons (Fsp3) is 0.643. The van der Waals surface area contributed by atoms with Crippen molar-refractivity contribution in [3.63, 3.8) is 0 Å². The van der Waals surface area contributed by atoms with E-state index in [1.807, 2.05) is 0 Å². The van der Waals surface area contributed by atoms with Crippen molar-refractivity contribution in [1.82, 2.24) is 20.2 Å². The number of hydrogen-bond donors (Lipinski definition) is 1. The maximum absolute atomic E-state index is 12.2. The first-order valence-corrected chi connectivity index (χ1v) is 9.60. The number of nitrogens with zero attached hydrogens (tertiary/aromatic N) is 4.